The number of benzene rings is 2. The highest BCUT2D eigenvalue weighted by Gasteiger charge is 2.36. The van der Waals surface area contributed by atoms with Crippen molar-refractivity contribution in [2.24, 2.45) is 0 Å². The van der Waals surface area contributed by atoms with Crippen LogP contribution in [0.1, 0.15) is 27.6 Å². The number of nitrogens with zero attached hydrogens (tertiary/aromatic N) is 1. The molecule has 104 valence electrons. The number of anilines is 2. The van der Waals surface area contributed by atoms with Gasteiger partial charge >= 0.3 is 0 Å². The fourth-order valence-electron chi connectivity index (χ4n) is 2.35. The summed E-state index contributed by atoms with van der Waals surface area (Å²) in [6.45, 7) is 1.40. The third-order valence-electron chi connectivity index (χ3n) is 3.22. The van der Waals surface area contributed by atoms with Gasteiger partial charge in [-0.05, 0) is 30.3 Å². The number of hydrogen-bond acceptors (Lipinski definition) is 3. The summed E-state index contributed by atoms with van der Waals surface area (Å²) in [5.41, 5.74) is 1.77. The van der Waals surface area contributed by atoms with Crippen molar-refractivity contribution in [3.63, 3.8) is 0 Å². The quantitative estimate of drug-likeness (QED) is 0.859. The Morgan fingerprint density at radius 2 is 1.57 bits per heavy atom. The molecule has 0 unspecified atom stereocenters. The molecule has 0 bridgehead atoms. The van der Waals surface area contributed by atoms with E-state index in [9.17, 15) is 14.4 Å². The molecule has 21 heavy (non-hydrogen) atoms. The van der Waals surface area contributed by atoms with E-state index in [2.05, 4.69) is 5.32 Å². The maximum atomic E-state index is 12.4. The van der Waals surface area contributed by atoms with Gasteiger partial charge in [-0.3, -0.25) is 14.4 Å². The first kappa shape index (κ1) is 13.1. The highest BCUT2D eigenvalue weighted by atomic mass is 16.2. The average Bonchev–Trinajstić information content (AvgIpc) is 2.71. The van der Waals surface area contributed by atoms with Gasteiger partial charge in [-0.25, -0.2) is 4.90 Å². The van der Waals surface area contributed by atoms with Crippen LogP contribution in [0.15, 0.2) is 48.5 Å². The molecule has 0 aliphatic carbocycles. The number of rotatable bonds is 2. The predicted octanol–water partition coefficient (Wildman–Crippen LogP) is 2.45. The van der Waals surface area contributed by atoms with Crippen LogP contribution in [0, 0.1) is 0 Å². The molecule has 1 aliphatic heterocycles. The largest absolute Gasteiger partial charge is 0.326 e. The number of amides is 3. The summed E-state index contributed by atoms with van der Waals surface area (Å²) in [5.74, 6) is -0.916. The van der Waals surface area contributed by atoms with Gasteiger partial charge in [-0.2, -0.15) is 0 Å². The van der Waals surface area contributed by atoms with E-state index in [1.165, 1.54) is 6.92 Å². The highest BCUT2D eigenvalue weighted by Crippen LogP contribution is 2.29. The normalized spacial score (nSPS) is 13.3. The minimum atomic E-state index is -0.351. The summed E-state index contributed by atoms with van der Waals surface area (Å²) in [6, 6.07) is 13.4. The van der Waals surface area contributed by atoms with Gasteiger partial charge in [0.2, 0.25) is 5.91 Å². The van der Waals surface area contributed by atoms with Crippen LogP contribution < -0.4 is 10.2 Å². The van der Waals surface area contributed by atoms with Gasteiger partial charge in [0.15, 0.2) is 0 Å². The Morgan fingerprint density at radius 3 is 2.14 bits per heavy atom. The molecule has 0 radical (unpaired) electrons. The van der Waals surface area contributed by atoms with Crippen molar-refractivity contribution in [3.05, 3.63) is 59.7 Å². The van der Waals surface area contributed by atoms with Crippen LogP contribution in [0.25, 0.3) is 0 Å². The summed E-state index contributed by atoms with van der Waals surface area (Å²) in [4.78, 5) is 36.9. The van der Waals surface area contributed by atoms with Crippen LogP contribution in [0.4, 0.5) is 11.4 Å². The molecule has 5 nitrogen and oxygen atoms in total. The lowest BCUT2D eigenvalue weighted by atomic mass is 10.1. The second-order valence-corrected chi connectivity index (χ2v) is 4.72. The van der Waals surface area contributed by atoms with Gasteiger partial charge in [0, 0.05) is 12.6 Å². The molecule has 3 amide bonds. The average molecular weight is 280 g/mol. The Hall–Kier alpha value is -2.95. The Balaban J connectivity index is 2.01. The molecule has 0 spiro atoms. The molecule has 1 N–H and O–H groups in total. The van der Waals surface area contributed by atoms with Crippen molar-refractivity contribution < 1.29 is 14.4 Å². The first-order valence-electron chi connectivity index (χ1n) is 6.43. The molecule has 0 saturated carbocycles. The van der Waals surface area contributed by atoms with E-state index >= 15 is 0 Å². The van der Waals surface area contributed by atoms with E-state index in [0.29, 0.717) is 22.5 Å². The summed E-state index contributed by atoms with van der Waals surface area (Å²) in [5, 5.41) is 2.63. The first-order chi connectivity index (χ1) is 10.1. The molecule has 0 fully saturated rings. The van der Waals surface area contributed by atoms with E-state index < -0.39 is 0 Å². The molecule has 3 rings (SSSR count). The lowest BCUT2D eigenvalue weighted by Crippen LogP contribution is -2.29. The van der Waals surface area contributed by atoms with Crippen LogP contribution in [-0.2, 0) is 4.79 Å². The van der Waals surface area contributed by atoms with Crippen LogP contribution in [0.5, 0.6) is 0 Å². The predicted molar refractivity (Wildman–Crippen MR) is 78.3 cm³/mol. The molecule has 1 heterocycles. The SMILES string of the molecule is CC(=O)Nc1cccc(N2C(=O)c3ccccc3C2=O)c1. The van der Waals surface area contributed by atoms with Crippen LogP contribution in [0.3, 0.4) is 0 Å². The Kier molecular flexibility index (Phi) is 3.02. The van der Waals surface area contributed by atoms with Crippen molar-refractivity contribution in [1.82, 2.24) is 0 Å². The summed E-state index contributed by atoms with van der Waals surface area (Å²) < 4.78 is 0. The number of carbonyl (C=O) groups excluding carboxylic acids is 3. The van der Waals surface area contributed by atoms with Crippen LogP contribution >= 0.6 is 0 Å². The van der Waals surface area contributed by atoms with E-state index in [1.54, 1.807) is 48.5 Å². The summed E-state index contributed by atoms with van der Waals surface area (Å²) in [6.07, 6.45) is 0. The number of hydrogen-bond donors (Lipinski definition) is 1. The molecule has 5 heteroatoms. The second-order valence-electron chi connectivity index (χ2n) is 4.72. The van der Waals surface area contributed by atoms with Gasteiger partial charge in [0.1, 0.15) is 0 Å². The number of nitrogens with one attached hydrogen (secondary N) is 1. The molecule has 2 aromatic rings. The van der Waals surface area contributed by atoms with Gasteiger partial charge in [0.05, 0.1) is 16.8 Å². The lowest BCUT2D eigenvalue weighted by molar-refractivity contribution is -0.114. The zero-order valence-corrected chi connectivity index (χ0v) is 11.3. The summed E-state index contributed by atoms with van der Waals surface area (Å²) >= 11 is 0. The standard InChI is InChI=1S/C16H12N2O3/c1-10(19)17-11-5-4-6-12(9-11)18-15(20)13-7-2-3-8-14(13)16(18)21/h2-9H,1H3,(H,17,19). The second kappa shape index (κ2) is 4.86. The maximum absolute atomic E-state index is 12.4. The molecule has 1 aliphatic rings. The van der Waals surface area contributed by atoms with Gasteiger partial charge in [0.25, 0.3) is 11.8 Å². The van der Waals surface area contributed by atoms with Crippen molar-refractivity contribution in [3.8, 4) is 0 Å². The van der Waals surface area contributed by atoms with Crippen LogP contribution in [-0.4, -0.2) is 17.7 Å². The van der Waals surface area contributed by atoms with Crippen LogP contribution in [0.2, 0.25) is 0 Å². The minimum absolute atomic E-state index is 0.213. The fourth-order valence-corrected chi connectivity index (χ4v) is 2.35. The molecule has 0 saturated heterocycles. The molecule has 0 aromatic heterocycles. The smallest absolute Gasteiger partial charge is 0.266 e. The van der Waals surface area contributed by atoms with Gasteiger partial charge < -0.3 is 5.32 Å². The topological polar surface area (TPSA) is 66.5 Å². The zero-order chi connectivity index (χ0) is 15.0. The highest BCUT2D eigenvalue weighted by molar-refractivity contribution is 6.34. The number of imide groups is 1. The third kappa shape index (κ3) is 2.18. The van der Waals surface area contributed by atoms with Gasteiger partial charge in [-0.15, -0.1) is 0 Å². The third-order valence-corrected chi connectivity index (χ3v) is 3.22. The van der Waals surface area contributed by atoms with Gasteiger partial charge in [-0.1, -0.05) is 18.2 Å². The maximum Gasteiger partial charge on any atom is 0.266 e. The van der Waals surface area contributed by atoms with Crippen molar-refractivity contribution in [2.75, 3.05) is 10.2 Å². The van der Waals surface area contributed by atoms with E-state index in [4.69, 9.17) is 0 Å². The van der Waals surface area contributed by atoms with Crippen molar-refractivity contribution in [1.29, 1.82) is 0 Å². The lowest BCUT2D eigenvalue weighted by Gasteiger charge is -2.15. The number of carbonyl (C=O) groups is 3. The zero-order valence-electron chi connectivity index (χ0n) is 11.3. The molecule has 0 atom stereocenters. The Labute approximate surface area is 121 Å². The molecular weight excluding hydrogens is 268 g/mol. The van der Waals surface area contributed by atoms with Crippen molar-refractivity contribution in [2.45, 2.75) is 6.92 Å². The first-order valence-corrected chi connectivity index (χ1v) is 6.43. The fraction of sp³-hybridized carbons (Fsp3) is 0.0625. The molecule has 2 aromatic carbocycles. The van der Waals surface area contributed by atoms with Crippen molar-refractivity contribution >= 4 is 29.1 Å². The van der Waals surface area contributed by atoms with E-state index in [0.717, 1.165) is 4.90 Å². The number of fused-ring (bicyclic) bond motifs is 1. The Bertz CT molecular complexity index is 733. The molecular formula is C16H12N2O3. The summed E-state index contributed by atoms with van der Waals surface area (Å²) in [7, 11) is 0. The van der Waals surface area contributed by atoms with E-state index in [1.807, 2.05) is 0 Å². The van der Waals surface area contributed by atoms with E-state index in [-0.39, 0.29) is 17.7 Å². The monoisotopic (exact) mass is 280 g/mol. The Morgan fingerprint density at radius 1 is 0.952 bits per heavy atom. The minimum Gasteiger partial charge on any atom is -0.326 e.